The van der Waals surface area contributed by atoms with E-state index in [0.29, 0.717) is 6.61 Å². The first-order valence-electron chi connectivity index (χ1n) is 9.67. The number of piperidine rings is 1. The molecule has 3 rings (SSSR count). The van der Waals surface area contributed by atoms with Crippen molar-refractivity contribution in [2.24, 2.45) is 10.9 Å². The fourth-order valence-electron chi connectivity index (χ4n) is 3.55. The second-order valence-electron chi connectivity index (χ2n) is 6.89. The number of pyridine rings is 1. The Kier molecular flexibility index (Phi) is 6.32. The summed E-state index contributed by atoms with van der Waals surface area (Å²) in [6.45, 7) is 6.78. The van der Waals surface area contributed by atoms with Gasteiger partial charge in [-0.05, 0) is 38.3 Å². The predicted octanol–water partition coefficient (Wildman–Crippen LogP) is 2.04. The molecule has 1 aliphatic rings. The molecule has 0 atom stereocenters. The highest BCUT2D eigenvalue weighted by atomic mass is 16.5. The number of rotatable bonds is 5. The molecule has 0 radical (unpaired) electrons. The summed E-state index contributed by atoms with van der Waals surface area (Å²) in [5.41, 5.74) is 3.25. The van der Waals surface area contributed by atoms with Crippen molar-refractivity contribution >= 4 is 17.6 Å². The molecule has 1 fully saturated rings. The summed E-state index contributed by atoms with van der Waals surface area (Å²) in [7, 11) is 1.80. The molecule has 1 aliphatic heterocycles. The number of nitrogens with zero attached hydrogens (tertiary/aromatic N) is 4. The Hall–Kier alpha value is -2.57. The largest absolute Gasteiger partial charge is 0.466 e. The lowest BCUT2D eigenvalue weighted by Gasteiger charge is -2.33. The van der Waals surface area contributed by atoms with E-state index in [1.165, 1.54) is 5.56 Å². The highest BCUT2D eigenvalue weighted by molar-refractivity contribution is 5.80. The first-order valence-corrected chi connectivity index (χ1v) is 9.67. The van der Waals surface area contributed by atoms with Crippen LogP contribution in [-0.4, -0.2) is 59.5 Å². The van der Waals surface area contributed by atoms with Crippen LogP contribution in [0.2, 0.25) is 0 Å². The molecular weight excluding hydrogens is 342 g/mol. The van der Waals surface area contributed by atoms with Gasteiger partial charge in [0.1, 0.15) is 5.65 Å². The lowest BCUT2D eigenvalue weighted by Crippen LogP contribution is -2.47. The van der Waals surface area contributed by atoms with Crippen molar-refractivity contribution in [3.63, 3.8) is 0 Å². The van der Waals surface area contributed by atoms with Gasteiger partial charge in [0.2, 0.25) is 0 Å². The molecule has 1 N–H and O–H groups in total. The number of aliphatic imine (C=N–C) groups is 1. The summed E-state index contributed by atoms with van der Waals surface area (Å²) in [6, 6.07) is 4.11. The summed E-state index contributed by atoms with van der Waals surface area (Å²) in [5.74, 6) is 0.833. The van der Waals surface area contributed by atoms with Crippen LogP contribution in [0.15, 0.2) is 29.5 Å². The minimum Gasteiger partial charge on any atom is -0.466 e. The van der Waals surface area contributed by atoms with Gasteiger partial charge in [0, 0.05) is 45.5 Å². The van der Waals surface area contributed by atoms with Gasteiger partial charge in [-0.15, -0.1) is 0 Å². The molecule has 0 bridgehead atoms. The molecular formula is C20H29N5O2. The number of ether oxygens (including phenoxy) is 1. The zero-order valence-corrected chi connectivity index (χ0v) is 16.4. The van der Waals surface area contributed by atoms with E-state index in [4.69, 9.17) is 9.72 Å². The van der Waals surface area contributed by atoms with Gasteiger partial charge in [-0.3, -0.25) is 9.79 Å². The number of aryl methyl sites for hydroxylation is 1. The van der Waals surface area contributed by atoms with E-state index in [0.717, 1.165) is 56.2 Å². The number of hydrogen-bond donors (Lipinski definition) is 1. The highest BCUT2D eigenvalue weighted by Gasteiger charge is 2.27. The number of nitrogens with one attached hydrogen (secondary N) is 1. The molecule has 0 saturated carbocycles. The number of likely N-dealkylation sites (tertiary alicyclic amines) is 1. The molecule has 7 heteroatoms. The number of hydrogen-bond acceptors (Lipinski definition) is 4. The summed E-state index contributed by atoms with van der Waals surface area (Å²) >= 11 is 0. The Bertz CT molecular complexity index is 806. The first kappa shape index (κ1) is 19.2. The molecule has 2 aromatic rings. The number of esters is 1. The number of aromatic nitrogens is 2. The summed E-state index contributed by atoms with van der Waals surface area (Å²) < 4.78 is 7.21. The molecule has 1 saturated heterocycles. The van der Waals surface area contributed by atoms with Crippen LogP contribution in [0.3, 0.4) is 0 Å². The van der Waals surface area contributed by atoms with E-state index in [-0.39, 0.29) is 11.9 Å². The second kappa shape index (κ2) is 8.88. The van der Waals surface area contributed by atoms with Gasteiger partial charge in [-0.25, -0.2) is 4.98 Å². The molecule has 146 valence electrons. The number of guanidine groups is 1. The van der Waals surface area contributed by atoms with E-state index < -0.39 is 0 Å². The maximum atomic E-state index is 11.9. The van der Waals surface area contributed by atoms with Crippen molar-refractivity contribution < 1.29 is 9.53 Å². The van der Waals surface area contributed by atoms with Gasteiger partial charge in [0.15, 0.2) is 5.96 Å². The van der Waals surface area contributed by atoms with Gasteiger partial charge in [-0.2, -0.15) is 0 Å². The summed E-state index contributed by atoms with van der Waals surface area (Å²) in [4.78, 5) is 23.2. The topological polar surface area (TPSA) is 71.2 Å². The Balaban J connectivity index is 1.49. The fourth-order valence-corrected chi connectivity index (χ4v) is 3.55. The molecule has 0 unspecified atom stereocenters. The van der Waals surface area contributed by atoms with Crippen molar-refractivity contribution in [3.05, 3.63) is 35.8 Å². The van der Waals surface area contributed by atoms with Crippen LogP contribution in [0.1, 0.15) is 31.0 Å². The van der Waals surface area contributed by atoms with Crippen molar-refractivity contribution in [2.45, 2.75) is 33.1 Å². The third kappa shape index (κ3) is 4.59. The van der Waals surface area contributed by atoms with E-state index in [1.807, 2.05) is 19.2 Å². The second-order valence-corrected chi connectivity index (χ2v) is 6.89. The maximum absolute atomic E-state index is 11.9. The third-order valence-corrected chi connectivity index (χ3v) is 5.02. The molecule has 2 aromatic heterocycles. The number of carbonyl (C=O) groups excluding carboxylic acids is 1. The predicted molar refractivity (Wildman–Crippen MR) is 106 cm³/mol. The quantitative estimate of drug-likeness (QED) is 0.495. The lowest BCUT2D eigenvalue weighted by molar-refractivity contribution is -0.149. The van der Waals surface area contributed by atoms with Crippen LogP contribution in [0.5, 0.6) is 0 Å². The summed E-state index contributed by atoms with van der Waals surface area (Å²) in [5, 5.41) is 3.43. The zero-order valence-electron chi connectivity index (χ0n) is 16.4. The Labute approximate surface area is 160 Å². The van der Waals surface area contributed by atoms with Crippen molar-refractivity contribution in [2.75, 3.05) is 33.3 Å². The molecule has 3 heterocycles. The molecule has 0 spiro atoms. The molecule has 0 amide bonds. The van der Waals surface area contributed by atoms with Crippen LogP contribution in [0.25, 0.3) is 5.65 Å². The van der Waals surface area contributed by atoms with Crippen molar-refractivity contribution in [1.29, 1.82) is 0 Å². The summed E-state index contributed by atoms with van der Waals surface area (Å²) in [6.07, 6.45) is 6.56. The van der Waals surface area contributed by atoms with Gasteiger partial charge in [-0.1, -0.05) is 6.07 Å². The zero-order chi connectivity index (χ0) is 19.2. The van der Waals surface area contributed by atoms with E-state index >= 15 is 0 Å². The van der Waals surface area contributed by atoms with Crippen LogP contribution in [0.4, 0.5) is 0 Å². The van der Waals surface area contributed by atoms with Gasteiger partial charge in [0.25, 0.3) is 0 Å². The van der Waals surface area contributed by atoms with Gasteiger partial charge >= 0.3 is 5.97 Å². The average molecular weight is 371 g/mol. The van der Waals surface area contributed by atoms with E-state index in [1.54, 1.807) is 7.05 Å². The number of carbonyl (C=O) groups is 1. The van der Waals surface area contributed by atoms with Crippen LogP contribution in [-0.2, 0) is 16.0 Å². The molecule has 0 aromatic carbocycles. The maximum Gasteiger partial charge on any atom is 0.309 e. The van der Waals surface area contributed by atoms with Crippen LogP contribution in [0, 0.1) is 12.8 Å². The number of imidazole rings is 1. The third-order valence-electron chi connectivity index (χ3n) is 5.02. The average Bonchev–Trinajstić information content (AvgIpc) is 3.10. The standard InChI is InChI=1S/C20H29N5O2/c1-4-27-19(26)16-8-12-24(13-9-16)20(21-3)22-10-7-17-14-25-11-5-6-15(2)18(25)23-17/h5-6,11,14,16H,4,7-10,12-13H2,1-3H3,(H,21,22). The monoisotopic (exact) mass is 371 g/mol. The smallest absolute Gasteiger partial charge is 0.309 e. The Morgan fingerprint density at radius 3 is 2.85 bits per heavy atom. The lowest BCUT2D eigenvalue weighted by atomic mass is 9.97. The molecule has 7 nitrogen and oxygen atoms in total. The normalized spacial score (nSPS) is 16.0. The minimum absolute atomic E-state index is 0.0144. The SMILES string of the molecule is CCOC(=O)C1CCN(C(=NC)NCCc2cn3cccc(C)c3n2)CC1. The fraction of sp³-hybridized carbons (Fsp3) is 0.550. The van der Waals surface area contributed by atoms with E-state index in [9.17, 15) is 4.79 Å². The minimum atomic E-state index is -0.0674. The van der Waals surface area contributed by atoms with Crippen molar-refractivity contribution in [1.82, 2.24) is 19.6 Å². The van der Waals surface area contributed by atoms with E-state index in [2.05, 4.69) is 38.8 Å². The van der Waals surface area contributed by atoms with Crippen molar-refractivity contribution in [3.8, 4) is 0 Å². The van der Waals surface area contributed by atoms with Gasteiger partial charge < -0.3 is 19.4 Å². The van der Waals surface area contributed by atoms with Crippen LogP contribution >= 0.6 is 0 Å². The molecule has 27 heavy (non-hydrogen) atoms. The highest BCUT2D eigenvalue weighted by Crippen LogP contribution is 2.18. The van der Waals surface area contributed by atoms with Gasteiger partial charge in [0.05, 0.1) is 18.2 Å². The number of fused-ring (bicyclic) bond motifs is 1. The first-order chi connectivity index (χ1) is 13.1. The van der Waals surface area contributed by atoms with Crippen LogP contribution < -0.4 is 5.32 Å². The Morgan fingerprint density at radius 2 is 2.19 bits per heavy atom. The Morgan fingerprint density at radius 1 is 1.41 bits per heavy atom. The molecule has 0 aliphatic carbocycles.